The summed E-state index contributed by atoms with van der Waals surface area (Å²) in [6.45, 7) is 1.67. The zero-order chi connectivity index (χ0) is 15.5. The van der Waals surface area contributed by atoms with E-state index in [2.05, 4.69) is 20.6 Å². The Morgan fingerprint density at radius 2 is 2.27 bits per heavy atom. The summed E-state index contributed by atoms with van der Waals surface area (Å²) in [5, 5.41) is 15.9. The number of aliphatic hydroxyl groups is 1. The van der Waals surface area contributed by atoms with Crippen LogP contribution in [0.1, 0.15) is 36.5 Å². The van der Waals surface area contributed by atoms with Crippen LogP contribution in [0.5, 0.6) is 0 Å². The Balaban J connectivity index is 1.81. The van der Waals surface area contributed by atoms with E-state index < -0.39 is 0 Å². The number of nitrogens with zero attached hydrogens (tertiary/aromatic N) is 2. The Labute approximate surface area is 129 Å². The van der Waals surface area contributed by atoms with Crippen molar-refractivity contribution in [2.75, 3.05) is 11.9 Å². The molecule has 1 saturated carbocycles. The third kappa shape index (κ3) is 3.17. The normalized spacial score (nSPS) is 16.1. The lowest BCUT2D eigenvalue weighted by Crippen LogP contribution is -2.34. The van der Waals surface area contributed by atoms with Crippen LogP contribution < -0.4 is 10.6 Å². The first kappa shape index (κ1) is 14.7. The van der Waals surface area contributed by atoms with Crippen LogP contribution in [0.15, 0.2) is 24.4 Å². The average Bonchev–Trinajstić information content (AvgIpc) is 2.50. The van der Waals surface area contributed by atoms with Crippen LogP contribution in [-0.2, 0) is 0 Å². The van der Waals surface area contributed by atoms with Gasteiger partial charge in [0.25, 0.3) is 5.91 Å². The number of hydrogen-bond donors (Lipinski definition) is 3. The number of anilines is 1. The lowest BCUT2D eigenvalue weighted by Gasteiger charge is -2.26. The smallest absolute Gasteiger partial charge is 0.251 e. The first-order valence-electron chi connectivity index (χ1n) is 7.61. The van der Waals surface area contributed by atoms with Gasteiger partial charge in [-0.1, -0.05) is 6.07 Å². The average molecular weight is 300 g/mol. The van der Waals surface area contributed by atoms with E-state index in [-0.39, 0.29) is 18.6 Å². The monoisotopic (exact) mass is 300 g/mol. The van der Waals surface area contributed by atoms with E-state index in [4.69, 9.17) is 5.11 Å². The van der Waals surface area contributed by atoms with Gasteiger partial charge < -0.3 is 15.7 Å². The van der Waals surface area contributed by atoms with Crippen LogP contribution in [0.3, 0.4) is 0 Å². The lowest BCUT2D eigenvalue weighted by molar-refractivity contribution is 0.0922. The second-order valence-electron chi connectivity index (χ2n) is 5.80. The number of fused-ring (bicyclic) bond motifs is 1. The minimum absolute atomic E-state index is 0.0864. The van der Waals surface area contributed by atoms with E-state index in [1.165, 1.54) is 6.42 Å². The van der Waals surface area contributed by atoms with Crippen molar-refractivity contribution >= 4 is 22.8 Å². The van der Waals surface area contributed by atoms with Crippen molar-refractivity contribution in [3.8, 4) is 0 Å². The number of amides is 1. The highest BCUT2D eigenvalue weighted by molar-refractivity contribution is 5.97. The number of benzene rings is 1. The number of hydrogen-bond acceptors (Lipinski definition) is 5. The van der Waals surface area contributed by atoms with Gasteiger partial charge in [0.05, 0.1) is 12.1 Å². The number of carbonyl (C=O) groups excluding carboxylic acids is 1. The van der Waals surface area contributed by atoms with Crippen molar-refractivity contribution in [2.24, 2.45) is 0 Å². The van der Waals surface area contributed by atoms with Gasteiger partial charge in [0.1, 0.15) is 0 Å². The highest BCUT2D eigenvalue weighted by atomic mass is 16.3. The van der Waals surface area contributed by atoms with Gasteiger partial charge >= 0.3 is 0 Å². The van der Waals surface area contributed by atoms with Gasteiger partial charge in [0, 0.05) is 29.2 Å². The minimum Gasteiger partial charge on any atom is -0.394 e. The van der Waals surface area contributed by atoms with Gasteiger partial charge in [-0.15, -0.1) is 0 Å². The molecule has 0 saturated heterocycles. The Bertz CT molecular complexity index is 685. The van der Waals surface area contributed by atoms with Crippen LogP contribution >= 0.6 is 0 Å². The largest absolute Gasteiger partial charge is 0.394 e. The standard InChI is InChI=1S/C16H20N4O2/c1-10(9-21)18-15(22)11-5-6-12-8-17-16(20-14(12)7-11)19-13-3-2-4-13/h5-8,10,13,21H,2-4,9H2,1H3,(H,18,22)(H,17,19,20)/t10-/m0/s1. The SMILES string of the molecule is C[C@@H](CO)NC(=O)c1ccc2cnc(NC3CCC3)nc2c1. The van der Waals surface area contributed by atoms with Gasteiger partial charge in [-0.25, -0.2) is 9.97 Å². The predicted octanol–water partition coefficient (Wildman–Crippen LogP) is 1.70. The molecule has 6 nitrogen and oxygen atoms in total. The van der Waals surface area contributed by atoms with E-state index in [0.717, 1.165) is 23.7 Å². The molecule has 0 aliphatic heterocycles. The Morgan fingerprint density at radius 1 is 1.45 bits per heavy atom. The molecule has 1 fully saturated rings. The molecule has 1 heterocycles. The molecule has 0 radical (unpaired) electrons. The van der Waals surface area contributed by atoms with Crippen molar-refractivity contribution in [3.05, 3.63) is 30.0 Å². The van der Waals surface area contributed by atoms with Crippen LogP contribution in [0.4, 0.5) is 5.95 Å². The zero-order valence-electron chi connectivity index (χ0n) is 12.5. The highest BCUT2D eigenvalue weighted by Gasteiger charge is 2.18. The first-order valence-corrected chi connectivity index (χ1v) is 7.61. The summed E-state index contributed by atoms with van der Waals surface area (Å²) in [4.78, 5) is 20.9. The second kappa shape index (κ2) is 6.27. The number of rotatable bonds is 5. The summed E-state index contributed by atoms with van der Waals surface area (Å²) in [5.41, 5.74) is 1.27. The topological polar surface area (TPSA) is 87.1 Å². The van der Waals surface area contributed by atoms with Gasteiger partial charge in [-0.2, -0.15) is 0 Å². The van der Waals surface area contributed by atoms with Crippen molar-refractivity contribution in [1.82, 2.24) is 15.3 Å². The number of aromatic nitrogens is 2. The van der Waals surface area contributed by atoms with E-state index in [9.17, 15) is 4.79 Å². The minimum atomic E-state index is -0.274. The summed E-state index contributed by atoms with van der Waals surface area (Å²) in [6.07, 6.45) is 5.33. The maximum atomic E-state index is 12.1. The predicted molar refractivity (Wildman–Crippen MR) is 84.8 cm³/mol. The summed E-state index contributed by atoms with van der Waals surface area (Å²) in [6, 6.07) is 5.52. The zero-order valence-corrected chi connectivity index (χ0v) is 12.5. The Hall–Kier alpha value is -2.21. The quantitative estimate of drug-likeness (QED) is 0.782. The third-order valence-electron chi connectivity index (χ3n) is 3.93. The molecule has 0 bridgehead atoms. The summed E-state index contributed by atoms with van der Waals surface area (Å²) < 4.78 is 0. The third-order valence-corrected chi connectivity index (χ3v) is 3.93. The summed E-state index contributed by atoms with van der Waals surface area (Å²) in [7, 11) is 0. The van der Waals surface area contributed by atoms with Gasteiger partial charge in [0.2, 0.25) is 5.95 Å². The molecule has 1 aliphatic rings. The Morgan fingerprint density at radius 3 is 2.95 bits per heavy atom. The molecule has 116 valence electrons. The fourth-order valence-electron chi connectivity index (χ4n) is 2.32. The number of aliphatic hydroxyl groups excluding tert-OH is 1. The second-order valence-corrected chi connectivity index (χ2v) is 5.80. The first-order chi connectivity index (χ1) is 10.7. The maximum Gasteiger partial charge on any atom is 0.251 e. The highest BCUT2D eigenvalue weighted by Crippen LogP contribution is 2.22. The molecular weight excluding hydrogens is 280 g/mol. The molecule has 0 spiro atoms. The molecule has 1 aromatic heterocycles. The summed E-state index contributed by atoms with van der Waals surface area (Å²) in [5.74, 6) is 0.397. The van der Waals surface area contributed by atoms with E-state index in [1.807, 2.05) is 6.07 Å². The molecule has 6 heteroatoms. The molecule has 1 amide bonds. The van der Waals surface area contributed by atoms with Crippen molar-refractivity contribution in [3.63, 3.8) is 0 Å². The molecule has 3 N–H and O–H groups in total. The lowest BCUT2D eigenvalue weighted by atomic mass is 9.93. The van der Waals surface area contributed by atoms with Crippen molar-refractivity contribution in [2.45, 2.75) is 38.3 Å². The summed E-state index contributed by atoms with van der Waals surface area (Å²) >= 11 is 0. The molecule has 1 aliphatic carbocycles. The van der Waals surface area contributed by atoms with Crippen LogP contribution in [0.2, 0.25) is 0 Å². The molecule has 3 rings (SSSR count). The van der Waals surface area contributed by atoms with Gasteiger partial charge in [-0.05, 0) is 38.3 Å². The molecule has 22 heavy (non-hydrogen) atoms. The molecule has 2 aromatic rings. The molecule has 1 atom stereocenters. The van der Waals surface area contributed by atoms with Gasteiger partial charge in [0.15, 0.2) is 0 Å². The van der Waals surface area contributed by atoms with Crippen LogP contribution in [0.25, 0.3) is 10.9 Å². The van der Waals surface area contributed by atoms with Crippen molar-refractivity contribution < 1.29 is 9.90 Å². The Kier molecular flexibility index (Phi) is 4.20. The fraction of sp³-hybridized carbons (Fsp3) is 0.438. The van der Waals surface area contributed by atoms with Crippen molar-refractivity contribution in [1.29, 1.82) is 0 Å². The van der Waals surface area contributed by atoms with Crippen LogP contribution in [0, 0.1) is 0 Å². The fourth-order valence-corrected chi connectivity index (χ4v) is 2.32. The maximum absolute atomic E-state index is 12.1. The molecular formula is C16H20N4O2. The molecule has 0 unspecified atom stereocenters. The van der Waals surface area contributed by atoms with Gasteiger partial charge in [-0.3, -0.25) is 4.79 Å². The van der Waals surface area contributed by atoms with E-state index >= 15 is 0 Å². The van der Waals surface area contributed by atoms with E-state index in [0.29, 0.717) is 17.6 Å². The van der Waals surface area contributed by atoms with Crippen LogP contribution in [-0.4, -0.2) is 39.7 Å². The number of nitrogens with one attached hydrogen (secondary N) is 2. The van der Waals surface area contributed by atoms with E-state index in [1.54, 1.807) is 25.3 Å². The number of carbonyl (C=O) groups is 1. The molecule has 1 aromatic carbocycles.